The largest absolute Gasteiger partial charge is 0.326 e. The van der Waals surface area contributed by atoms with Gasteiger partial charge in [0.2, 0.25) is 12.1 Å². The zero-order chi connectivity index (χ0) is 29.1. The highest BCUT2D eigenvalue weighted by atomic mass is 19.2. The minimum absolute atomic E-state index is 0.286. The van der Waals surface area contributed by atoms with Crippen molar-refractivity contribution in [3.8, 4) is 0 Å². The summed E-state index contributed by atoms with van der Waals surface area (Å²) >= 11 is 0. The number of fused-ring (bicyclic) bond motifs is 1. The lowest BCUT2D eigenvalue weighted by Crippen LogP contribution is -2.48. The van der Waals surface area contributed by atoms with E-state index in [1.54, 1.807) is 13.1 Å². The average Bonchev–Trinajstić information content (AvgIpc) is 3.09. The van der Waals surface area contributed by atoms with E-state index in [-0.39, 0.29) is 5.56 Å². The molecule has 0 unspecified atom stereocenters. The molecule has 0 aliphatic carbocycles. The van der Waals surface area contributed by atoms with Gasteiger partial charge in [0.25, 0.3) is 5.91 Å². The van der Waals surface area contributed by atoms with Crippen LogP contribution in [-0.2, 0) is 9.59 Å². The Morgan fingerprint density at radius 1 is 0.902 bits per heavy atom. The zero-order valence-corrected chi connectivity index (χ0v) is 22.1. The topological polar surface area (TPSA) is 61.8 Å². The number of aliphatic imine (C=N–C) groups is 1. The van der Waals surface area contributed by atoms with Gasteiger partial charge in [-0.15, -0.1) is 6.58 Å². The normalized spacial score (nSPS) is 16.2. The lowest BCUT2D eigenvalue weighted by molar-refractivity contribution is -0.128. The molecule has 1 N–H and O–H groups in total. The fraction of sp³-hybridized carbons (Fsp3) is 0.121. The molecule has 2 amide bonds. The highest BCUT2D eigenvalue weighted by molar-refractivity contribution is 6.20. The molecule has 0 radical (unpaired) electrons. The van der Waals surface area contributed by atoms with Crippen LogP contribution in [0.25, 0.3) is 0 Å². The van der Waals surface area contributed by atoms with Crippen molar-refractivity contribution in [3.05, 3.63) is 149 Å². The van der Waals surface area contributed by atoms with Crippen molar-refractivity contribution in [2.24, 2.45) is 4.99 Å². The van der Waals surface area contributed by atoms with Gasteiger partial charge in [-0.05, 0) is 41.5 Å². The van der Waals surface area contributed by atoms with E-state index in [9.17, 15) is 22.8 Å². The molecule has 0 aromatic heterocycles. The van der Waals surface area contributed by atoms with Gasteiger partial charge in [0.05, 0.1) is 17.3 Å². The second-order valence-corrected chi connectivity index (χ2v) is 9.63. The first-order valence-electron chi connectivity index (χ1n) is 12.9. The number of amides is 2. The Balaban J connectivity index is 1.58. The molecule has 0 spiro atoms. The van der Waals surface area contributed by atoms with Crippen LogP contribution >= 0.6 is 0 Å². The van der Waals surface area contributed by atoms with E-state index < -0.39 is 47.3 Å². The Bertz CT molecular complexity index is 1640. The molecule has 4 aromatic carbocycles. The van der Waals surface area contributed by atoms with E-state index in [2.05, 4.69) is 11.9 Å². The van der Waals surface area contributed by atoms with Crippen LogP contribution in [0.15, 0.2) is 115 Å². The highest BCUT2D eigenvalue weighted by Gasteiger charge is 2.36. The Labute approximate surface area is 235 Å². The van der Waals surface area contributed by atoms with Crippen molar-refractivity contribution in [1.82, 2.24) is 5.32 Å². The number of rotatable bonds is 7. The van der Waals surface area contributed by atoms with E-state index in [1.807, 2.05) is 48.5 Å². The quantitative estimate of drug-likeness (QED) is 0.281. The summed E-state index contributed by atoms with van der Waals surface area (Å²) in [5.41, 5.74) is 3.29. The minimum Gasteiger partial charge on any atom is -0.326 e. The molecular formula is C33H26F3N3O2. The summed E-state index contributed by atoms with van der Waals surface area (Å²) in [7, 11) is 1.61. The molecule has 0 fully saturated rings. The lowest BCUT2D eigenvalue weighted by Gasteiger charge is -2.27. The molecule has 1 aliphatic heterocycles. The van der Waals surface area contributed by atoms with Crippen molar-refractivity contribution < 1.29 is 22.8 Å². The summed E-state index contributed by atoms with van der Waals surface area (Å²) in [4.78, 5) is 33.9. The summed E-state index contributed by atoms with van der Waals surface area (Å²) < 4.78 is 41.8. The molecule has 0 saturated heterocycles. The molecule has 8 heteroatoms. The molecule has 0 bridgehead atoms. The zero-order valence-electron chi connectivity index (χ0n) is 22.1. The van der Waals surface area contributed by atoms with E-state index >= 15 is 0 Å². The molecule has 1 aliphatic rings. The van der Waals surface area contributed by atoms with Gasteiger partial charge < -0.3 is 10.2 Å². The molecule has 41 heavy (non-hydrogen) atoms. The summed E-state index contributed by atoms with van der Waals surface area (Å²) in [6, 6.07) is 25.2. The average molecular weight is 554 g/mol. The van der Waals surface area contributed by atoms with Gasteiger partial charge >= 0.3 is 0 Å². The van der Waals surface area contributed by atoms with Gasteiger partial charge in [0.15, 0.2) is 11.6 Å². The minimum atomic E-state index is -1.31. The number of allylic oxidation sites excluding steroid dienone is 1. The number of hydrogen-bond donors (Lipinski definition) is 1. The number of nitrogens with zero attached hydrogens (tertiary/aromatic N) is 2. The van der Waals surface area contributed by atoms with Crippen molar-refractivity contribution in [2.45, 2.75) is 18.0 Å². The van der Waals surface area contributed by atoms with Crippen LogP contribution in [-0.4, -0.2) is 30.7 Å². The molecule has 206 valence electrons. The summed E-state index contributed by atoms with van der Waals surface area (Å²) in [6.45, 7) is 3.83. The van der Waals surface area contributed by atoms with Crippen molar-refractivity contribution in [3.63, 3.8) is 0 Å². The summed E-state index contributed by atoms with van der Waals surface area (Å²) in [5.74, 6) is -5.64. The van der Waals surface area contributed by atoms with Crippen molar-refractivity contribution in [2.75, 3.05) is 11.9 Å². The van der Waals surface area contributed by atoms with Crippen LogP contribution in [0, 0.1) is 17.5 Å². The van der Waals surface area contributed by atoms with Crippen LogP contribution in [0.3, 0.4) is 0 Å². The Morgan fingerprint density at radius 3 is 2.24 bits per heavy atom. The number of likely N-dealkylation sites (N-methyl/N-ethyl adjacent to an activating group) is 1. The Hall–Kier alpha value is -4.98. The van der Waals surface area contributed by atoms with Crippen LogP contribution < -0.4 is 10.2 Å². The van der Waals surface area contributed by atoms with E-state index in [0.717, 1.165) is 17.7 Å². The summed E-state index contributed by atoms with van der Waals surface area (Å²) in [5, 5.41) is 2.77. The molecule has 4 aromatic rings. The first-order chi connectivity index (χ1) is 19.8. The predicted octanol–water partition coefficient (Wildman–Crippen LogP) is 6.11. The fourth-order valence-corrected chi connectivity index (χ4v) is 5.04. The van der Waals surface area contributed by atoms with Crippen LogP contribution in [0.5, 0.6) is 0 Å². The second kappa shape index (κ2) is 11.6. The molecule has 3 atom stereocenters. The van der Waals surface area contributed by atoms with Crippen molar-refractivity contribution in [1.29, 1.82) is 0 Å². The Morgan fingerprint density at radius 2 is 1.56 bits per heavy atom. The lowest BCUT2D eigenvalue weighted by atomic mass is 9.80. The fourth-order valence-electron chi connectivity index (χ4n) is 5.04. The van der Waals surface area contributed by atoms with E-state index in [1.165, 1.54) is 41.3 Å². The first-order valence-corrected chi connectivity index (χ1v) is 12.9. The van der Waals surface area contributed by atoms with Crippen LogP contribution in [0.4, 0.5) is 18.9 Å². The van der Waals surface area contributed by atoms with E-state index in [0.29, 0.717) is 22.5 Å². The van der Waals surface area contributed by atoms with Crippen molar-refractivity contribution >= 4 is 23.2 Å². The number of para-hydroxylation sites is 1. The number of anilines is 1. The number of carbonyl (C=O) groups excluding carboxylic acids is 2. The van der Waals surface area contributed by atoms with Crippen LogP contribution in [0.1, 0.15) is 34.1 Å². The smallest absolute Gasteiger partial charge is 0.272 e. The maximum absolute atomic E-state index is 14.2. The molecule has 5 rings (SSSR count). The predicted molar refractivity (Wildman–Crippen MR) is 152 cm³/mol. The third-order valence-corrected chi connectivity index (χ3v) is 7.12. The van der Waals surface area contributed by atoms with Gasteiger partial charge in [-0.3, -0.25) is 9.59 Å². The first kappa shape index (κ1) is 27.6. The SMILES string of the molecule is C=C[C@H](c1ccc(F)c(F)c1)[C@@H](C(=O)N[C@H]1N=C(c2ccccc2)c2ccccc2N(C)C1=O)c1ccc(F)cc1. The standard InChI is InChI=1S/C33H26F3N3O2/c1-3-24(22-15-18-26(35)27(36)19-22)29(20-13-16-23(34)17-14-20)32(40)38-31-33(41)39(2)28-12-8-7-11-25(28)30(37-31)21-9-5-4-6-10-21/h3-19,24,29,31H,1H2,2H3,(H,38,40)/t24-,29+,31-/m1/s1. The maximum Gasteiger partial charge on any atom is 0.272 e. The van der Waals surface area contributed by atoms with Gasteiger partial charge in [0.1, 0.15) is 5.82 Å². The number of nitrogens with one attached hydrogen (secondary N) is 1. The van der Waals surface area contributed by atoms with E-state index in [4.69, 9.17) is 4.99 Å². The molecule has 5 nitrogen and oxygen atoms in total. The molecular weight excluding hydrogens is 527 g/mol. The summed E-state index contributed by atoms with van der Waals surface area (Å²) in [6.07, 6.45) is 0.129. The van der Waals surface area contributed by atoms with Gasteiger partial charge in [-0.2, -0.15) is 0 Å². The molecule has 0 saturated carbocycles. The number of benzene rings is 4. The van der Waals surface area contributed by atoms with Gasteiger partial charge in [-0.25, -0.2) is 18.2 Å². The highest BCUT2D eigenvalue weighted by Crippen LogP contribution is 2.36. The number of carbonyl (C=O) groups is 2. The number of halogens is 3. The number of benzodiazepines with no additional fused rings is 1. The molecule has 1 heterocycles. The monoisotopic (exact) mass is 553 g/mol. The third-order valence-electron chi connectivity index (χ3n) is 7.12. The number of hydrogen-bond acceptors (Lipinski definition) is 3. The second-order valence-electron chi connectivity index (χ2n) is 9.63. The van der Waals surface area contributed by atoms with Crippen LogP contribution in [0.2, 0.25) is 0 Å². The maximum atomic E-state index is 14.2. The third kappa shape index (κ3) is 5.54. The Kier molecular flexibility index (Phi) is 7.83. The van der Waals surface area contributed by atoms with Gasteiger partial charge in [0, 0.05) is 24.1 Å². The van der Waals surface area contributed by atoms with Gasteiger partial charge in [-0.1, -0.05) is 72.8 Å².